The van der Waals surface area contributed by atoms with E-state index < -0.39 is 9.05 Å². The SMILES string of the molecule is O=S(=O)(Cl)/C=C\C1CCCCO1. The van der Waals surface area contributed by atoms with Gasteiger partial charge in [-0.25, -0.2) is 8.42 Å². The molecule has 1 fully saturated rings. The Morgan fingerprint density at radius 1 is 1.42 bits per heavy atom. The van der Waals surface area contributed by atoms with Gasteiger partial charge in [0.25, 0.3) is 9.05 Å². The van der Waals surface area contributed by atoms with Gasteiger partial charge in [-0.1, -0.05) is 0 Å². The van der Waals surface area contributed by atoms with E-state index in [0.29, 0.717) is 6.61 Å². The molecule has 70 valence electrons. The summed E-state index contributed by atoms with van der Waals surface area (Å²) in [7, 11) is 1.47. The van der Waals surface area contributed by atoms with Gasteiger partial charge >= 0.3 is 0 Å². The summed E-state index contributed by atoms with van der Waals surface area (Å²) >= 11 is 0. The molecule has 0 radical (unpaired) electrons. The standard InChI is InChI=1S/C7H11ClO3S/c8-12(9,10)6-4-7-3-1-2-5-11-7/h4,6-7H,1-3,5H2/b6-4-. The summed E-state index contributed by atoms with van der Waals surface area (Å²) < 4.78 is 26.3. The minimum Gasteiger partial charge on any atom is -0.374 e. The average Bonchev–Trinajstić information content (AvgIpc) is 2.02. The summed E-state index contributed by atoms with van der Waals surface area (Å²) in [6.45, 7) is 0.706. The van der Waals surface area contributed by atoms with Gasteiger partial charge in [0.2, 0.25) is 0 Å². The molecule has 0 aliphatic carbocycles. The van der Waals surface area contributed by atoms with Crippen molar-refractivity contribution in [3.8, 4) is 0 Å². The van der Waals surface area contributed by atoms with Gasteiger partial charge in [0, 0.05) is 22.7 Å². The third-order valence-electron chi connectivity index (χ3n) is 1.67. The summed E-state index contributed by atoms with van der Waals surface area (Å²) in [5.41, 5.74) is 0. The Morgan fingerprint density at radius 3 is 2.67 bits per heavy atom. The third-order valence-corrected chi connectivity index (χ3v) is 2.46. The zero-order valence-corrected chi connectivity index (χ0v) is 8.14. The van der Waals surface area contributed by atoms with E-state index in [1.807, 2.05) is 0 Å². The maximum absolute atomic E-state index is 10.5. The molecule has 1 saturated heterocycles. The lowest BCUT2D eigenvalue weighted by Crippen LogP contribution is -2.16. The first-order chi connectivity index (χ1) is 5.58. The molecule has 1 rings (SSSR count). The van der Waals surface area contributed by atoms with Crippen LogP contribution >= 0.6 is 10.7 Å². The zero-order valence-electron chi connectivity index (χ0n) is 6.57. The predicted molar refractivity (Wildman–Crippen MR) is 47.5 cm³/mol. The van der Waals surface area contributed by atoms with Crippen LogP contribution in [0.5, 0.6) is 0 Å². The zero-order chi connectivity index (χ0) is 9.03. The molecule has 0 spiro atoms. The molecule has 12 heavy (non-hydrogen) atoms. The summed E-state index contributed by atoms with van der Waals surface area (Å²) in [6.07, 6.45) is 4.44. The molecule has 0 bridgehead atoms. The van der Waals surface area contributed by atoms with Gasteiger partial charge in [0.15, 0.2) is 0 Å². The molecule has 1 heterocycles. The molecule has 0 N–H and O–H groups in total. The summed E-state index contributed by atoms with van der Waals surface area (Å²) in [5, 5.41) is 0.991. The van der Waals surface area contributed by atoms with Crippen molar-refractivity contribution in [1.82, 2.24) is 0 Å². The van der Waals surface area contributed by atoms with E-state index in [0.717, 1.165) is 24.7 Å². The lowest BCUT2D eigenvalue weighted by atomic mass is 10.1. The Balaban J connectivity index is 2.44. The summed E-state index contributed by atoms with van der Waals surface area (Å²) in [4.78, 5) is 0. The topological polar surface area (TPSA) is 43.4 Å². The first-order valence-electron chi connectivity index (χ1n) is 3.82. The smallest absolute Gasteiger partial charge is 0.254 e. The molecule has 5 heteroatoms. The van der Waals surface area contributed by atoms with Gasteiger partial charge < -0.3 is 4.74 Å². The normalized spacial score (nSPS) is 26.2. The number of ether oxygens (including phenoxy) is 1. The van der Waals surface area contributed by atoms with Crippen molar-refractivity contribution >= 4 is 19.7 Å². The maximum atomic E-state index is 10.5. The van der Waals surface area contributed by atoms with Gasteiger partial charge in [-0.2, -0.15) is 0 Å². The van der Waals surface area contributed by atoms with Crippen LogP contribution in [0.2, 0.25) is 0 Å². The highest BCUT2D eigenvalue weighted by Gasteiger charge is 2.11. The second kappa shape index (κ2) is 4.25. The van der Waals surface area contributed by atoms with Gasteiger partial charge in [-0.3, -0.25) is 0 Å². The molecule has 0 aromatic rings. The Kier molecular flexibility index (Phi) is 3.55. The fourth-order valence-corrected chi connectivity index (χ4v) is 1.64. The minimum absolute atomic E-state index is 0.0766. The van der Waals surface area contributed by atoms with Gasteiger partial charge in [0.05, 0.1) is 6.10 Å². The van der Waals surface area contributed by atoms with Crippen LogP contribution < -0.4 is 0 Å². The Hall–Kier alpha value is -0.0600. The Morgan fingerprint density at radius 2 is 2.17 bits per heavy atom. The van der Waals surface area contributed by atoms with Crippen molar-refractivity contribution in [2.45, 2.75) is 25.4 Å². The van der Waals surface area contributed by atoms with Crippen LogP contribution in [0.15, 0.2) is 11.5 Å². The van der Waals surface area contributed by atoms with Crippen molar-refractivity contribution in [2.75, 3.05) is 6.61 Å². The van der Waals surface area contributed by atoms with Crippen molar-refractivity contribution in [3.05, 3.63) is 11.5 Å². The first kappa shape index (κ1) is 10.0. The average molecular weight is 211 g/mol. The van der Waals surface area contributed by atoms with Crippen molar-refractivity contribution in [3.63, 3.8) is 0 Å². The lowest BCUT2D eigenvalue weighted by Gasteiger charge is -2.18. The number of hydrogen-bond donors (Lipinski definition) is 0. The number of rotatable bonds is 2. The molecule has 1 atom stereocenters. The highest BCUT2D eigenvalue weighted by Crippen LogP contribution is 2.14. The van der Waals surface area contributed by atoms with E-state index in [1.165, 1.54) is 6.08 Å². The van der Waals surface area contributed by atoms with E-state index >= 15 is 0 Å². The van der Waals surface area contributed by atoms with Crippen LogP contribution in [-0.4, -0.2) is 21.1 Å². The monoisotopic (exact) mass is 210 g/mol. The van der Waals surface area contributed by atoms with Crippen LogP contribution in [0, 0.1) is 0 Å². The fourth-order valence-electron chi connectivity index (χ4n) is 1.10. The maximum Gasteiger partial charge on any atom is 0.254 e. The molecule has 0 saturated carbocycles. The van der Waals surface area contributed by atoms with E-state index in [-0.39, 0.29) is 6.10 Å². The summed E-state index contributed by atoms with van der Waals surface area (Å²) in [5.74, 6) is 0. The predicted octanol–water partition coefficient (Wildman–Crippen LogP) is 1.64. The highest BCUT2D eigenvalue weighted by molar-refractivity contribution is 8.16. The molecular weight excluding hydrogens is 200 g/mol. The van der Waals surface area contributed by atoms with Crippen LogP contribution in [0.1, 0.15) is 19.3 Å². The van der Waals surface area contributed by atoms with Crippen molar-refractivity contribution < 1.29 is 13.2 Å². The van der Waals surface area contributed by atoms with E-state index in [4.69, 9.17) is 15.4 Å². The Labute approximate surface area is 76.8 Å². The fraction of sp³-hybridized carbons (Fsp3) is 0.714. The lowest BCUT2D eigenvalue weighted by molar-refractivity contribution is 0.0467. The molecule has 1 aliphatic heterocycles. The number of hydrogen-bond acceptors (Lipinski definition) is 3. The molecule has 1 aliphatic rings. The summed E-state index contributed by atoms with van der Waals surface area (Å²) in [6, 6.07) is 0. The van der Waals surface area contributed by atoms with Crippen LogP contribution in [-0.2, 0) is 13.8 Å². The molecule has 1 unspecified atom stereocenters. The van der Waals surface area contributed by atoms with Crippen LogP contribution in [0.25, 0.3) is 0 Å². The largest absolute Gasteiger partial charge is 0.374 e. The molecule has 0 aromatic carbocycles. The second-order valence-electron chi connectivity index (χ2n) is 2.71. The molecule has 0 aromatic heterocycles. The quantitative estimate of drug-likeness (QED) is 0.651. The van der Waals surface area contributed by atoms with E-state index in [9.17, 15) is 8.42 Å². The van der Waals surface area contributed by atoms with Gasteiger partial charge in [-0.05, 0) is 25.3 Å². The molecule has 0 amide bonds. The van der Waals surface area contributed by atoms with Gasteiger partial charge in [-0.15, -0.1) is 0 Å². The molecular formula is C7H11ClO3S. The molecule has 3 nitrogen and oxygen atoms in total. The number of halogens is 1. The van der Waals surface area contributed by atoms with Crippen LogP contribution in [0.4, 0.5) is 0 Å². The second-order valence-corrected chi connectivity index (χ2v) is 5.22. The van der Waals surface area contributed by atoms with E-state index in [1.54, 1.807) is 0 Å². The Bertz CT molecular complexity index is 252. The third kappa shape index (κ3) is 4.09. The highest BCUT2D eigenvalue weighted by atomic mass is 35.7. The van der Waals surface area contributed by atoms with Crippen LogP contribution in [0.3, 0.4) is 0 Å². The van der Waals surface area contributed by atoms with Crippen molar-refractivity contribution in [1.29, 1.82) is 0 Å². The van der Waals surface area contributed by atoms with E-state index in [2.05, 4.69) is 0 Å². The van der Waals surface area contributed by atoms with Gasteiger partial charge in [0.1, 0.15) is 0 Å². The van der Waals surface area contributed by atoms with Crippen molar-refractivity contribution in [2.24, 2.45) is 0 Å². The first-order valence-corrected chi connectivity index (χ1v) is 6.20. The minimum atomic E-state index is -3.51.